The van der Waals surface area contributed by atoms with Crippen LogP contribution in [-0.2, 0) is 0 Å². The fourth-order valence-electron chi connectivity index (χ4n) is 0.630. The third kappa shape index (κ3) is 5.36. The molecule has 52 valence electrons. The topological polar surface area (TPSA) is 0 Å². The molecular formula is C8H13F. The van der Waals surface area contributed by atoms with Crippen molar-refractivity contribution in [1.82, 2.24) is 0 Å². The van der Waals surface area contributed by atoms with Gasteiger partial charge in [-0.15, -0.1) is 12.3 Å². The second-order valence-electron chi connectivity index (χ2n) is 2.10. The molecule has 1 atom stereocenters. The minimum Gasteiger partial charge on any atom is -0.248 e. The quantitative estimate of drug-likeness (QED) is 0.403. The molecule has 0 rings (SSSR count). The molecule has 0 fully saturated rings. The number of rotatable bonds is 4. The highest BCUT2D eigenvalue weighted by atomic mass is 19.1. The third-order valence-electron chi connectivity index (χ3n) is 1.28. The van der Waals surface area contributed by atoms with E-state index in [4.69, 9.17) is 6.42 Å². The molecule has 0 saturated heterocycles. The van der Waals surface area contributed by atoms with Crippen LogP contribution in [0.3, 0.4) is 0 Å². The predicted molar refractivity (Wildman–Crippen MR) is 37.9 cm³/mol. The zero-order chi connectivity index (χ0) is 7.11. The van der Waals surface area contributed by atoms with Crippen LogP contribution in [0.4, 0.5) is 4.39 Å². The summed E-state index contributed by atoms with van der Waals surface area (Å²) in [4.78, 5) is 0. The van der Waals surface area contributed by atoms with Gasteiger partial charge in [-0.1, -0.05) is 6.92 Å². The van der Waals surface area contributed by atoms with E-state index in [1.54, 1.807) is 0 Å². The molecule has 0 aromatic heterocycles. The van der Waals surface area contributed by atoms with Crippen molar-refractivity contribution in [3.05, 3.63) is 0 Å². The van der Waals surface area contributed by atoms with Gasteiger partial charge in [0.15, 0.2) is 0 Å². The monoisotopic (exact) mass is 128 g/mol. The molecule has 0 bridgehead atoms. The predicted octanol–water partition coefficient (Wildman–Crippen LogP) is 2.54. The van der Waals surface area contributed by atoms with E-state index < -0.39 is 6.17 Å². The van der Waals surface area contributed by atoms with Crippen molar-refractivity contribution in [2.45, 2.75) is 38.8 Å². The van der Waals surface area contributed by atoms with E-state index in [0.29, 0.717) is 19.3 Å². The largest absolute Gasteiger partial charge is 0.248 e. The molecule has 1 heteroatoms. The van der Waals surface area contributed by atoms with Crippen molar-refractivity contribution in [1.29, 1.82) is 0 Å². The summed E-state index contributed by atoms with van der Waals surface area (Å²) in [6.07, 6.45) is 7.12. The van der Waals surface area contributed by atoms with Crippen molar-refractivity contribution in [3.63, 3.8) is 0 Å². The first-order chi connectivity index (χ1) is 4.31. The normalized spacial score (nSPS) is 12.6. The standard InChI is InChI=1S/C8H13F/c1-3-5-6-7-8(9)4-2/h1,8H,4-7H2,2H3. The Morgan fingerprint density at radius 1 is 1.67 bits per heavy atom. The van der Waals surface area contributed by atoms with Crippen LogP contribution in [0.25, 0.3) is 0 Å². The molecule has 0 aromatic carbocycles. The Kier molecular flexibility index (Phi) is 5.30. The van der Waals surface area contributed by atoms with Gasteiger partial charge in [0.05, 0.1) is 6.17 Å². The minimum absolute atomic E-state index is 0.616. The van der Waals surface area contributed by atoms with Crippen LogP contribution in [0, 0.1) is 12.3 Å². The number of hydrogen-bond donors (Lipinski definition) is 0. The van der Waals surface area contributed by atoms with E-state index >= 15 is 0 Å². The van der Waals surface area contributed by atoms with Gasteiger partial charge in [-0.05, 0) is 19.3 Å². The fraction of sp³-hybridized carbons (Fsp3) is 0.750. The first-order valence-electron chi connectivity index (χ1n) is 3.38. The van der Waals surface area contributed by atoms with Crippen molar-refractivity contribution < 1.29 is 4.39 Å². The van der Waals surface area contributed by atoms with Gasteiger partial charge in [-0.25, -0.2) is 4.39 Å². The van der Waals surface area contributed by atoms with Crippen LogP contribution in [0.2, 0.25) is 0 Å². The lowest BCUT2D eigenvalue weighted by Crippen LogP contribution is -1.95. The molecule has 9 heavy (non-hydrogen) atoms. The number of alkyl halides is 1. The highest BCUT2D eigenvalue weighted by Crippen LogP contribution is 2.06. The van der Waals surface area contributed by atoms with Gasteiger partial charge in [-0.2, -0.15) is 0 Å². The highest BCUT2D eigenvalue weighted by molar-refractivity contribution is 4.83. The van der Waals surface area contributed by atoms with Crippen LogP contribution in [0.5, 0.6) is 0 Å². The molecule has 0 saturated carbocycles. The first kappa shape index (κ1) is 8.49. The van der Waals surface area contributed by atoms with Crippen LogP contribution in [0.15, 0.2) is 0 Å². The van der Waals surface area contributed by atoms with Gasteiger partial charge < -0.3 is 0 Å². The number of halogens is 1. The number of terminal acetylenes is 1. The summed E-state index contributed by atoms with van der Waals surface area (Å²) >= 11 is 0. The van der Waals surface area contributed by atoms with Crippen molar-refractivity contribution in [2.24, 2.45) is 0 Å². The SMILES string of the molecule is C#CCCCC(F)CC. The van der Waals surface area contributed by atoms with Gasteiger partial charge in [0.1, 0.15) is 0 Å². The van der Waals surface area contributed by atoms with Crippen LogP contribution in [-0.4, -0.2) is 6.17 Å². The molecule has 0 amide bonds. The van der Waals surface area contributed by atoms with E-state index in [0.717, 1.165) is 6.42 Å². The average Bonchev–Trinajstić information content (AvgIpc) is 1.89. The Morgan fingerprint density at radius 3 is 2.78 bits per heavy atom. The lowest BCUT2D eigenvalue weighted by Gasteiger charge is -2.00. The van der Waals surface area contributed by atoms with Gasteiger partial charge in [-0.3, -0.25) is 0 Å². The lowest BCUT2D eigenvalue weighted by molar-refractivity contribution is 0.301. The molecule has 0 aliphatic carbocycles. The van der Waals surface area contributed by atoms with Gasteiger partial charge in [0.25, 0.3) is 0 Å². The zero-order valence-corrected chi connectivity index (χ0v) is 5.86. The molecular weight excluding hydrogens is 115 g/mol. The molecule has 0 aliphatic rings. The third-order valence-corrected chi connectivity index (χ3v) is 1.28. The molecule has 0 heterocycles. The second kappa shape index (κ2) is 5.62. The van der Waals surface area contributed by atoms with E-state index in [-0.39, 0.29) is 0 Å². The van der Waals surface area contributed by atoms with Crippen LogP contribution in [0.1, 0.15) is 32.6 Å². The van der Waals surface area contributed by atoms with E-state index in [1.807, 2.05) is 6.92 Å². The Bertz CT molecular complexity index is 91.2. The van der Waals surface area contributed by atoms with Crippen molar-refractivity contribution in [2.75, 3.05) is 0 Å². The smallest absolute Gasteiger partial charge is 0.0999 e. The molecule has 1 unspecified atom stereocenters. The van der Waals surface area contributed by atoms with Crippen molar-refractivity contribution >= 4 is 0 Å². The average molecular weight is 128 g/mol. The van der Waals surface area contributed by atoms with Crippen molar-refractivity contribution in [3.8, 4) is 12.3 Å². The van der Waals surface area contributed by atoms with Gasteiger partial charge in [0.2, 0.25) is 0 Å². The first-order valence-corrected chi connectivity index (χ1v) is 3.38. The summed E-state index contributed by atoms with van der Waals surface area (Å²) in [5.74, 6) is 2.48. The number of hydrogen-bond acceptors (Lipinski definition) is 0. The Morgan fingerprint density at radius 2 is 2.33 bits per heavy atom. The maximum Gasteiger partial charge on any atom is 0.0999 e. The molecule has 0 aliphatic heterocycles. The van der Waals surface area contributed by atoms with E-state index in [1.165, 1.54) is 0 Å². The maximum atomic E-state index is 12.4. The molecule has 0 aromatic rings. The zero-order valence-electron chi connectivity index (χ0n) is 5.86. The van der Waals surface area contributed by atoms with Gasteiger partial charge in [0, 0.05) is 6.42 Å². The maximum absolute atomic E-state index is 12.4. The summed E-state index contributed by atoms with van der Waals surface area (Å²) in [5, 5.41) is 0. The summed E-state index contributed by atoms with van der Waals surface area (Å²) in [7, 11) is 0. The fourth-order valence-corrected chi connectivity index (χ4v) is 0.630. The Hall–Kier alpha value is -0.510. The van der Waals surface area contributed by atoms with Gasteiger partial charge >= 0.3 is 0 Å². The van der Waals surface area contributed by atoms with Crippen LogP contribution < -0.4 is 0 Å². The molecule has 0 spiro atoms. The Labute approximate surface area is 56.5 Å². The van der Waals surface area contributed by atoms with Crippen LogP contribution >= 0.6 is 0 Å². The minimum atomic E-state index is -0.640. The van der Waals surface area contributed by atoms with E-state index in [9.17, 15) is 4.39 Å². The summed E-state index contributed by atoms with van der Waals surface area (Å²) in [5.41, 5.74) is 0. The second-order valence-corrected chi connectivity index (χ2v) is 2.10. The highest BCUT2D eigenvalue weighted by Gasteiger charge is 1.99. The molecule has 0 radical (unpaired) electrons. The summed E-state index contributed by atoms with van der Waals surface area (Å²) in [6, 6.07) is 0. The molecule has 0 N–H and O–H groups in total. The molecule has 0 nitrogen and oxygen atoms in total. The summed E-state index contributed by atoms with van der Waals surface area (Å²) in [6.45, 7) is 1.85. The summed E-state index contributed by atoms with van der Waals surface area (Å²) < 4.78 is 12.4. The van der Waals surface area contributed by atoms with E-state index in [2.05, 4.69) is 5.92 Å². The number of unbranched alkanes of at least 4 members (excludes halogenated alkanes) is 1. The Balaban J connectivity index is 2.99. The lowest BCUT2D eigenvalue weighted by atomic mass is 10.1.